The minimum atomic E-state index is 0.0386. The monoisotopic (exact) mass is 435 g/mol. The van der Waals surface area contributed by atoms with E-state index < -0.39 is 0 Å². The molecule has 1 saturated carbocycles. The molecule has 148 valence electrons. The Labute approximate surface area is 170 Å². The molecule has 6 nitrogen and oxygen atoms in total. The van der Waals surface area contributed by atoms with E-state index in [1.54, 1.807) is 19.0 Å². The molecule has 7 heteroatoms. The molecule has 2 N–H and O–H groups in total. The Hall–Kier alpha value is -1.60. The molecule has 0 atom stereocenters. The topological polar surface area (TPSA) is 60.0 Å². The van der Waals surface area contributed by atoms with Crippen molar-refractivity contribution < 1.29 is 4.79 Å². The summed E-state index contributed by atoms with van der Waals surface area (Å²) in [5.74, 6) is 0.759. The Morgan fingerprint density at radius 2 is 1.85 bits per heavy atom. The first kappa shape index (κ1) is 20.1. The maximum Gasteiger partial charge on any atom is 0.241 e. The average Bonchev–Trinajstić information content (AvgIpc) is 3.50. The number of rotatable bonds is 6. The fourth-order valence-corrected chi connectivity index (χ4v) is 3.54. The van der Waals surface area contributed by atoms with Crippen molar-refractivity contribution in [2.75, 3.05) is 33.7 Å². The van der Waals surface area contributed by atoms with Gasteiger partial charge in [-0.2, -0.15) is 0 Å². The molecule has 1 aromatic carbocycles. The smallest absolute Gasteiger partial charge is 0.241 e. The maximum absolute atomic E-state index is 11.9. The van der Waals surface area contributed by atoms with Crippen molar-refractivity contribution >= 4 is 27.8 Å². The SMILES string of the molecule is CN(C)C(=O)CNC(=NCc1ccc(Br)cc1)NC1CCN(C2CC2)CC1. The first-order chi connectivity index (χ1) is 13.0. The Morgan fingerprint density at radius 3 is 2.44 bits per heavy atom. The summed E-state index contributed by atoms with van der Waals surface area (Å²) in [5, 5.41) is 6.74. The predicted molar refractivity (Wildman–Crippen MR) is 113 cm³/mol. The third kappa shape index (κ3) is 6.50. The summed E-state index contributed by atoms with van der Waals surface area (Å²) in [7, 11) is 3.54. The van der Waals surface area contributed by atoms with Crippen LogP contribution in [0.5, 0.6) is 0 Å². The number of likely N-dealkylation sites (tertiary alicyclic amines) is 1. The molecule has 2 fully saturated rings. The lowest BCUT2D eigenvalue weighted by atomic mass is 10.1. The molecule has 1 amide bonds. The molecule has 1 saturated heterocycles. The molecule has 27 heavy (non-hydrogen) atoms. The Morgan fingerprint density at radius 1 is 1.19 bits per heavy atom. The molecule has 0 unspecified atom stereocenters. The van der Waals surface area contributed by atoms with Crippen LogP contribution in [0.2, 0.25) is 0 Å². The van der Waals surface area contributed by atoms with E-state index >= 15 is 0 Å². The van der Waals surface area contributed by atoms with E-state index in [9.17, 15) is 4.79 Å². The van der Waals surface area contributed by atoms with Crippen molar-refractivity contribution in [3.8, 4) is 0 Å². The van der Waals surface area contributed by atoms with E-state index in [1.165, 1.54) is 12.8 Å². The van der Waals surface area contributed by atoms with Crippen molar-refractivity contribution in [1.29, 1.82) is 0 Å². The zero-order valence-corrected chi connectivity index (χ0v) is 17.8. The molecular formula is C20H30BrN5O. The van der Waals surface area contributed by atoms with Gasteiger partial charge >= 0.3 is 0 Å². The molecular weight excluding hydrogens is 406 g/mol. The van der Waals surface area contributed by atoms with Crippen LogP contribution < -0.4 is 10.6 Å². The number of nitrogens with one attached hydrogen (secondary N) is 2. The van der Waals surface area contributed by atoms with Gasteiger partial charge < -0.3 is 20.4 Å². The summed E-state index contributed by atoms with van der Waals surface area (Å²) >= 11 is 3.46. The number of hydrogen-bond donors (Lipinski definition) is 2. The average molecular weight is 436 g/mol. The van der Waals surface area contributed by atoms with Crippen molar-refractivity contribution in [2.24, 2.45) is 4.99 Å². The second-order valence-electron chi connectivity index (χ2n) is 7.62. The van der Waals surface area contributed by atoms with Crippen LogP contribution in [0.15, 0.2) is 33.7 Å². The van der Waals surface area contributed by atoms with Gasteiger partial charge in [-0.25, -0.2) is 4.99 Å². The highest BCUT2D eigenvalue weighted by atomic mass is 79.9. The summed E-state index contributed by atoms with van der Waals surface area (Å²) in [6, 6.07) is 9.41. The van der Waals surface area contributed by atoms with Gasteiger partial charge in [-0.05, 0) is 43.4 Å². The normalized spacial score (nSPS) is 19.0. The van der Waals surface area contributed by atoms with Gasteiger partial charge in [0.2, 0.25) is 5.91 Å². The van der Waals surface area contributed by atoms with Gasteiger partial charge in [-0.3, -0.25) is 4.79 Å². The molecule has 0 spiro atoms. The number of nitrogens with zero attached hydrogens (tertiary/aromatic N) is 3. The summed E-state index contributed by atoms with van der Waals surface area (Å²) in [5.41, 5.74) is 1.14. The van der Waals surface area contributed by atoms with Crippen molar-refractivity contribution in [2.45, 2.75) is 44.3 Å². The Balaban J connectivity index is 1.57. The summed E-state index contributed by atoms with van der Waals surface area (Å²) in [6.45, 7) is 3.14. The number of aliphatic imine (C=N–C) groups is 1. The molecule has 1 aliphatic heterocycles. The molecule has 2 aliphatic rings. The highest BCUT2D eigenvalue weighted by molar-refractivity contribution is 9.10. The fraction of sp³-hybridized carbons (Fsp3) is 0.600. The summed E-state index contributed by atoms with van der Waals surface area (Å²) < 4.78 is 1.06. The van der Waals surface area contributed by atoms with E-state index in [1.807, 2.05) is 12.1 Å². The van der Waals surface area contributed by atoms with Crippen molar-refractivity contribution in [3.63, 3.8) is 0 Å². The van der Waals surface area contributed by atoms with E-state index in [0.717, 1.165) is 48.0 Å². The first-order valence-electron chi connectivity index (χ1n) is 9.75. The quantitative estimate of drug-likeness (QED) is 0.531. The van der Waals surface area contributed by atoms with Gasteiger partial charge in [0.25, 0.3) is 0 Å². The lowest BCUT2D eigenvalue weighted by molar-refractivity contribution is -0.127. The number of carbonyl (C=O) groups excluding carboxylic acids is 1. The van der Waals surface area contributed by atoms with Gasteiger partial charge in [0.1, 0.15) is 0 Å². The van der Waals surface area contributed by atoms with Crippen molar-refractivity contribution in [3.05, 3.63) is 34.3 Å². The number of carbonyl (C=O) groups is 1. The van der Waals surface area contributed by atoms with Gasteiger partial charge in [-0.15, -0.1) is 0 Å². The number of likely N-dealkylation sites (N-methyl/N-ethyl adjacent to an activating group) is 1. The van der Waals surface area contributed by atoms with Crippen LogP contribution in [0.1, 0.15) is 31.2 Å². The number of amides is 1. The van der Waals surface area contributed by atoms with Crippen LogP contribution in [-0.4, -0.2) is 67.5 Å². The third-order valence-corrected chi connectivity index (χ3v) is 5.70. The number of hydrogen-bond acceptors (Lipinski definition) is 3. The van der Waals surface area contributed by atoms with Crippen LogP contribution in [0.3, 0.4) is 0 Å². The number of guanidine groups is 1. The highest BCUT2D eigenvalue weighted by Gasteiger charge is 2.31. The van der Waals surface area contributed by atoms with E-state index in [-0.39, 0.29) is 12.5 Å². The minimum Gasteiger partial charge on any atom is -0.354 e. The zero-order valence-electron chi connectivity index (χ0n) is 16.2. The lowest BCUT2D eigenvalue weighted by Crippen LogP contribution is -2.50. The number of benzene rings is 1. The van der Waals surface area contributed by atoms with Crippen LogP contribution in [-0.2, 0) is 11.3 Å². The fourth-order valence-electron chi connectivity index (χ4n) is 3.27. The molecule has 1 aliphatic carbocycles. The lowest BCUT2D eigenvalue weighted by Gasteiger charge is -2.33. The Bertz CT molecular complexity index is 649. The van der Waals surface area contributed by atoms with Crippen LogP contribution in [0.25, 0.3) is 0 Å². The molecule has 0 radical (unpaired) electrons. The Kier molecular flexibility index (Phi) is 7.13. The molecule has 1 aromatic rings. The van der Waals surface area contributed by atoms with E-state index in [2.05, 4.69) is 43.6 Å². The van der Waals surface area contributed by atoms with Crippen molar-refractivity contribution in [1.82, 2.24) is 20.4 Å². The van der Waals surface area contributed by atoms with Crippen LogP contribution >= 0.6 is 15.9 Å². The van der Waals surface area contributed by atoms with Gasteiger partial charge in [-0.1, -0.05) is 28.1 Å². The zero-order chi connectivity index (χ0) is 19.2. The van der Waals surface area contributed by atoms with E-state index in [4.69, 9.17) is 4.99 Å². The number of piperidine rings is 1. The van der Waals surface area contributed by atoms with Gasteiger partial charge in [0.05, 0.1) is 13.1 Å². The van der Waals surface area contributed by atoms with E-state index in [0.29, 0.717) is 12.6 Å². The number of halogens is 1. The standard InChI is InChI=1S/C20H30BrN5O/c1-25(2)19(27)14-23-20(22-13-15-3-5-16(21)6-4-15)24-17-9-11-26(12-10-17)18-7-8-18/h3-6,17-18H,7-14H2,1-2H3,(H2,22,23,24). The summed E-state index contributed by atoms with van der Waals surface area (Å²) in [6.07, 6.45) is 4.98. The maximum atomic E-state index is 11.9. The molecule has 0 bridgehead atoms. The molecule has 3 rings (SSSR count). The van der Waals surface area contributed by atoms with Crippen LogP contribution in [0, 0.1) is 0 Å². The second-order valence-corrected chi connectivity index (χ2v) is 8.53. The first-order valence-corrected chi connectivity index (χ1v) is 10.5. The third-order valence-electron chi connectivity index (χ3n) is 5.17. The minimum absolute atomic E-state index is 0.0386. The summed E-state index contributed by atoms with van der Waals surface area (Å²) in [4.78, 5) is 20.9. The molecule has 1 heterocycles. The predicted octanol–water partition coefficient (Wildman–Crippen LogP) is 2.20. The largest absolute Gasteiger partial charge is 0.354 e. The van der Waals surface area contributed by atoms with Gasteiger partial charge in [0.15, 0.2) is 5.96 Å². The van der Waals surface area contributed by atoms with Crippen LogP contribution in [0.4, 0.5) is 0 Å². The molecule has 0 aromatic heterocycles. The van der Waals surface area contributed by atoms with Gasteiger partial charge in [0, 0.05) is 43.7 Å². The second kappa shape index (κ2) is 9.55. The highest BCUT2D eigenvalue weighted by Crippen LogP contribution is 2.29.